The maximum atomic E-state index is 12.8. The Morgan fingerprint density at radius 3 is 1.85 bits per heavy atom. The zero-order chi connectivity index (χ0) is 18.9. The van der Waals surface area contributed by atoms with Crippen LogP contribution in [0.5, 0.6) is 11.5 Å². The van der Waals surface area contributed by atoms with Crippen LogP contribution in [0.4, 0.5) is 0 Å². The maximum Gasteiger partial charge on any atom is 0.340 e. The van der Waals surface area contributed by atoms with Crippen LogP contribution in [0.15, 0.2) is 48.5 Å². The Kier molecular flexibility index (Phi) is 3.12. The van der Waals surface area contributed by atoms with E-state index in [-0.39, 0.29) is 5.97 Å². The van der Waals surface area contributed by atoms with Gasteiger partial charge in [-0.2, -0.15) is 0 Å². The summed E-state index contributed by atoms with van der Waals surface area (Å²) < 4.78 is 12.6. The van der Waals surface area contributed by atoms with E-state index in [4.69, 9.17) is 9.47 Å². The van der Waals surface area contributed by atoms with Crippen LogP contribution in [0.25, 0.3) is 0 Å². The second kappa shape index (κ2) is 5.23. The summed E-state index contributed by atoms with van der Waals surface area (Å²) in [6.07, 6.45) is 0. The molecule has 27 heavy (non-hydrogen) atoms. The fourth-order valence-electron chi connectivity index (χ4n) is 4.26. The molecule has 1 spiro atoms. The molecule has 3 heteroatoms. The molecule has 0 saturated heterocycles. The number of carbonyl (C=O) groups is 1. The molecule has 0 bridgehead atoms. The molecule has 2 heterocycles. The first kappa shape index (κ1) is 16.1. The molecule has 0 aromatic heterocycles. The molecule has 0 radical (unpaired) electrons. The Labute approximate surface area is 158 Å². The third kappa shape index (κ3) is 1.89. The molecule has 0 N–H and O–H groups in total. The SMILES string of the molecule is Cc1ccc2c(c1C)Oc1c(ccc(C)c1C)C21OC(=O)c2ccccc21. The molecule has 0 atom stereocenters. The fraction of sp³-hybridized carbons (Fsp3) is 0.208. The van der Waals surface area contributed by atoms with E-state index in [2.05, 4.69) is 39.8 Å². The van der Waals surface area contributed by atoms with Crippen LogP contribution in [0, 0.1) is 27.7 Å². The van der Waals surface area contributed by atoms with Gasteiger partial charge in [-0.3, -0.25) is 0 Å². The quantitative estimate of drug-likeness (QED) is 0.500. The smallest absolute Gasteiger partial charge is 0.340 e. The summed E-state index contributed by atoms with van der Waals surface area (Å²) in [5, 5.41) is 0. The normalized spacial score (nSPS) is 15.6. The third-order valence-electron chi connectivity index (χ3n) is 6.09. The highest BCUT2D eigenvalue weighted by atomic mass is 16.6. The number of carbonyl (C=O) groups excluding carboxylic acids is 1. The first-order chi connectivity index (χ1) is 12.9. The molecule has 3 nitrogen and oxygen atoms in total. The predicted octanol–water partition coefficient (Wildman–Crippen LogP) is 5.49. The summed E-state index contributed by atoms with van der Waals surface area (Å²) in [5.74, 6) is 1.29. The van der Waals surface area contributed by atoms with Crippen LogP contribution >= 0.6 is 0 Å². The van der Waals surface area contributed by atoms with Crippen molar-refractivity contribution < 1.29 is 14.3 Å². The number of esters is 1. The molecule has 3 aromatic carbocycles. The highest BCUT2D eigenvalue weighted by Crippen LogP contribution is 2.57. The molecule has 0 saturated carbocycles. The largest absolute Gasteiger partial charge is 0.456 e. The fourth-order valence-corrected chi connectivity index (χ4v) is 4.26. The van der Waals surface area contributed by atoms with Gasteiger partial charge < -0.3 is 9.47 Å². The standard InChI is InChI=1S/C24H20O3/c1-13-9-11-19-21(15(13)3)26-22-16(4)14(2)10-12-20(22)24(19)18-8-6-5-7-17(18)23(25)27-24/h5-12H,1-4H3. The minimum Gasteiger partial charge on any atom is -0.456 e. The van der Waals surface area contributed by atoms with E-state index in [1.165, 1.54) is 0 Å². The van der Waals surface area contributed by atoms with E-state index in [1.807, 2.05) is 36.4 Å². The van der Waals surface area contributed by atoms with Gasteiger partial charge in [-0.05, 0) is 56.0 Å². The molecule has 2 aliphatic rings. The zero-order valence-electron chi connectivity index (χ0n) is 15.8. The van der Waals surface area contributed by atoms with Gasteiger partial charge in [-0.25, -0.2) is 4.79 Å². The average molecular weight is 356 g/mol. The van der Waals surface area contributed by atoms with Crippen molar-refractivity contribution in [2.24, 2.45) is 0 Å². The first-order valence-corrected chi connectivity index (χ1v) is 9.17. The van der Waals surface area contributed by atoms with Gasteiger partial charge in [0.15, 0.2) is 5.60 Å². The second-order valence-electron chi connectivity index (χ2n) is 7.49. The van der Waals surface area contributed by atoms with Gasteiger partial charge in [0.1, 0.15) is 11.5 Å². The van der Waals surface area contributed by atoms with Crippen molar-refractivity contribution in [1.82, 2.24) is 0 Å². The zero-order valence-corrected chi connectivity index (χ0v) is 15.8. The van der Waals surface area contributed by atoms with E-state index in [0.717, 1.165) is 50.4 Å². The number of ether oxygens (including phenoxy) is 2. The van der Waals surface area contributed by atoms with Crippen molar-refractivity contribution in [3.63, 3.8) is 0 Å². The monoisotopic (exact) mass is 356 g/mol. The number of fused-ring (bicyclic) bond motifs is 6. The van der Waals surface area contributed by atoms with Crippen LogP contribution in [0.1, 0.15) is 49.3 Å². The summed E-state index contributed by atoms with van der Waals surface area (Å²) in [5.41, 5.74) is 6.75. The van der Waals surface area contributed by atoms with Crippen LogP contribution in [-0.4, -0.2) is 5.97 Å². The molecule has 0 unspecified atom stereocenters. The van der Waals surface area contributed by atoms with Gasteiger partial charge in [-0.15, -0.1) is 0 Å². The molecule has 134 valence electrons. The molecule has 0 fully saturated rings. The summed E-state index contributed by atoms with van der Waals surface area (Å²) >= 11 is 0. The minimum absolute atomic E-state index is 0.291. The number of rotatable bonds is 0. The van der Waals surface area contributed by atoms with Crippen molar-refractivity contribution in [3.05, 3.63) is 93.0 Å². The highest BCUT2D eigenvalue weighted by Gasteiger charge is 2.54. The lowest BCUT2D eigenvalue weighted by molar-refractivity contribution is 0.0223. The Morgan fingerprint density at radius 1 is 0.704 bits per heavy atom. The van der Waals surface area contributed by atoms with E-state index < -0.39 is 5.60 Å². The number of hydrogen-bond acceptors (Lipinski definition) is 3. The van der Waals surface area contributed by atoms with Crippen LogP contribution in [0.2, 0.25) is 0 Å². The lowest BCUT2D eigenvalue weighted by Gasteiger charge is -2.38. The van der Waals surface area contributed by atoms with Crippen molar-refractivity contribution in [2.75, 3.05) is 0 Å². The minimum atomic E-state index is -0.965. The second-order valence-corrected chi connectivity index (χ2v) is 7.49. The third-order valence-corrected chi connectivity index (χ3v) is 6.09. The molecular formula is C24H20O3. The van der Waals surface area contributed by atoms with Gasteiger partial charge in [-0.1, -0.05) is 42.5 Å². The average Bonchev–Trinajstić information content (AvgIpc) is 2.96. The summed E-state index contributed by atoms with van der Waals surface area (Å²) in [6.45, 7) is 8.25. The Hall–Kier alpha value is -3.07. The van der Waals surface area contributed by atoms with Gasteiger partial charge in [0.2, 0.25) is 0 Å². The van der Waals surface area contributed by atoms with Crippen LogP contribution < -0.4 is 4.74 Å². The van der Waals surface area contributed by atoms with E-state index in [1.54, 1.807) is 0 Å². The number of benzene rings is 3. The summed E-state index contributed by atoms with van der Waals surface area (Å²) in [4.78, 5) is 12.8. The summed E-state index contributed by atoms with van der Waals surface area (Å²) in [7, 11) is 0. The van der Waals surface area contributed by atoms with E-state index >= 15 is 0 Å². The van der Waals surface area contributed by atoms with Crippen molar-refractivity contribution >= 4 is 5.97 Å². The first-order valence-electron chi connectivity index (χ1n) is 9.17. The lowest BCUT2D eigenvalue weighted by Crippen LogP contribution is -2.33. The van der Waals surface area contributed by atoms with Gasteiger partial charge >= 0.3 is 5.97 Å². The molecule has 5 rings (SSSR count). The van der Waals surface area contributed by atoms with Crippen molar-refractivity contribution in [1.29, 1.82) is 0 Å². The molecule has 0 aliphatic carbocycles. The molecule has 3 aromatic rings. The van der Waals surface area contributed by atoms with Gasteiger partial charge in [0.05, 0.1) is 5.56 Å². The van der Waals surface area contributed by atoms with E-state index in [9.17, 15) is 4.79 Å². The van der Waals surface area contributed by atoms with Crippen molar-refractivity contribution in [2.45, 2.75) is 33.3 Å². The predicted molar refractivity (Wildman–Crippen MR) is 104 cm³/mol. The van der Waals surface area contributed by atoms with Crippen molar-refractivity contribution in [3.8, 4) is 11.5 Å². The number of aryl methyl sites for hydroxylation is 2. The Balaban J connectivity index is 1.96. The summed E-state index contributed by atoms with van der Waals surface area (Å²) in [6, 6.07) is 15.9. The van der Waals surface area contributed by atoms with Crippen LogP contribution in [0.3, 0.4) is 0 Å². The number of hydrogen-bond donors (Lipinski definition) is 0. The van der Waals surface area contributed by atoms with Gasteiger partial charge in [0.25, 0.3) is 0 Å². The highest BCUT2D eigenvalue weighted by molar-refractivity contribution is 5.97. The molecule has 2 aliphatic heterocycles. The van der Waals surface area contributed by atoms with Gasteiger partial charge in [0, 0.05) is 16.7 Å². The maximum absolute atomic E-state index is 12.8. The molecule has 0 amide bonds. The Bertz CT molecular complexity index is 1080. The topological polar surface area (TPSA) is 35.5 Å². The molecular weight excluding hydrogens is 336 g/mol. The van der Waals surface area contributed by atoms with Crippen LogP contribution in [-0.2, 0) is 10.3 Å². The van der Waals surface area contributed by atoms with E-state index in [0.29, 0.717) is 5.56 Å². The lowest BCUT2D eigenvalue weighted by atomic mass is 9.76. The Morgan fingerprint density at radius 2 is 1.26 bits per heavy atom.